The average molecular weight is 320 g/mol. The van der Waals surface area contributed by atoms with Gasteiger partial charge in [-0.3, -0.25) is 0 Å². The van der Waals surface area contributed by atoms with Gasteiger partial charge in [-0.05, 0) is 25.0 Å². The molecule has 1 aromatic carbocycles. The van der Waals surface area contributed by atoms with Gasteiger partial charge in [-0.2, -0.15) is 0 Å². The van der Waals surface area contributed by atoms with Crippen LogP contribution in [0.2, 0.25) is 0 Å². The van der Waals surface area contributed by atoms with Gasteiger partial charge in [0, 0.05) is 5.56 Å². The van der Waals surface area contributed by atoms with E-state index in [1.807, 2.05) is 13.8 Å². The normalized spacial score (nSPS) is 10.0. The molecule has 0 amide bonds. The number of para-hydroxylation sites is 1. The highest BCUT2D eigenvalue weighted by Crippen LogP contribution is 2.20. The Morgan fingerprint density at radius 2 is 1.52 bits per heavy atom. The van der Waals surface area contributed by atoms with Crippen molar-refractivity contribution in [3.8, 4) is 5.75 Å². The summed E-state index contributed by atoms with van der Waals surface area (Å²) in [5.74, 6) is -1.49. The second kappa shape index (κ2) is 10.4. The summed E-state index contributed by atoms with van der Waals surface area (Å²) < 4.78 is 10.2. The van der Waals surface area contributed by atoms with Gasteiger partial charge in [0.15, 0.2) is 0 Å². The Morgan fingerprint density at radius 1 is 1.00 bits per heavy atom. The molecule has 0 aliphatic carbocycles. The predicted molar refractivity (Wildman–Crippen MR) is 87.8 cm³/mol. The van der Waals surface area contributed by atoms with E-state index in [-0.39, 0.29) is 24.5 Å². The number of unbranched alkanes of at least 4 members (excludes halogenated alkanes) is 2. The molecule has 0 fully saturated rings. The van der Waals surface area contributed by atoms with Gasteiger partial charge in [0.2, 0.25) is 0 Å². The van der Waals surface area contributed by atoms with Gasteiger partial charge >= 0.3 is 11.9 Å². The number of benzene rings is 1. The largest absolute Gasteiger partial charge is 0.507 e. The maximum Gasteiger partial charge on any atom is 0.345 e. The van der Waals surface area contributed by atoms with Crippen LogP contribution in [0, 0.1) is 0 Å². The van der Waals surface area contributed by atoms with Crippen LogP contribution < -0.4 is 0 Å². The summed E-state index contributed by atoms with van der Waals surface area (Å²) in [6, 6.07) is 6.45. The lowest BCUT2D eigenvalue weighted by atomic mass is 10.1. The minimum absolute atomic E-state index is 0.0206. The number of hydrogen-bond donors (Lipinski definition) is 1. The molecule has 23 heavy (non-hydrogen) atoms. The van der Waals surface area contributed by atoms with Gasteiger partial charge in [0.25, 0.3) is 0 Å². The number of carbonyl (C=O) groups excluding carboxylic acids is 2. The molecule has 0 saturated heterocycles. The first-order chi connectivity index (χ1) is 11.1. The monoisotopic (exact) mass is 320 g/mol. The maximum atomic E-state index is 12.1. The van der Waals surface area contributed by atoms with Crippen molar-refractivity contribution in [2.45, 2.75) is 39.5 Å². The Labute approximate surface area is 136 Å². The van der Waals surface area contributed by atoms with Crippen molar-refractivity contribution in [1.29, 1.82) is 0 Å². The number of phenolic OH excluding ortho intramolecular Hbond substituents is 1. The van der Waals surface area contributed by atoms with Crippen LogP contribution in [0.1, 0.15) is 45.1 Å². The molecule has 0 aliphatic rings. The smallest absolute Gasteiger partial charge is 0.345 e. The van der Waals surface area contributed by atoms with E-state index in [2.05, 4.69) is 0 Å². The summed E-state index contributed by atoms with van der Waals surface area (Å²) in [5, 5.41) is 9.80. The molecule has 0 bridgehead atoms. The topological polar surface area (TPSA) is 72.8 Å². The molecular formula is C18H24O5. The summed E-state index contributed by atoms with van der Waals surface area (Å²) in [7, 11) is 0. The molecule has 0 radical (unpaired) electrons. The lowest BCUT2D eigenvalue weighted by Crippen LogP contribution is -2.19. The van der Waals surface area contributed by atoms with Crippen molar-refractivity contribution in [1.82, 2.24) is 0 Å². The first kappa shape index (κ1) is 18.7. The van der Waals surface area contributed by atoms with Gasteiger partial charge in [0.05, 0.1) is 13.2 Å². The van der Waals surface area contributed by atoms with Crippen LogP contribution in [0.5, 0.6) is 5.75 Å². The number of phenols is 1. The summed E-state index contributed by atoms with van der Waals surface area (Å²) in [6.45, 7) is 4.45. The fourth-order valence-electron chi connectivity index (χ4n) is 1.74. The molecule has 0 saturated carbocycles. The molecule has 0 spiro atoms. The third-order valence-corrected chi connectivity index (χ3v) is 3.14. The van der Waals surface area contributed by atoms with E-state index in [0.29, 0.717) is 5.56 Å². The van der Waals surface area contributed by atoms with Crippen LogP contribution in [0.25, 0.3) is 6.08 Å². The molecule has 0 aromatic heterocycles. The average Bonchev–Trinajstić information content (AvgIpc) is 2.54. The van der Waals surface area contributed by atoms with Gasteiger partial charge < -0.3 is 14.6 Å². The van der Waals surface area contributed by atoms with Crippen molar-refractivity contribution in [3.05, 3.63) is 35.4 Å². The highest BCUT2D eigenvalue weighted by molar-refractivity contribution is 6.17. The lowest BCUT2D eigenvalue weighted by Gasteiger charge is -2.09. The van der Waals surface area contributed by atoms with E-state index in [0.717, 1.165) is 25.7 Å². The number of aromatic hydroxyl groups is 1. The standard InChI is InChI=1S/C18H24O5/c1-3-5-11-22-17(20)15(18(21)23-12-6-4-2)13-14-9-7-8-10-16(14)19/h7-10,13,19H,3-6,11-12H2,1-2H3. The number of ether oxygens (including phenoxy) is 2. The van der Waals surface area contributed by atoms with Crippen LogP contribution in [0.4, 0.5) is 0 Å². The summed E-state index contributed by atoms with van der Waals surface area (Å²) in [6.07, 6.45) is 4.51. The van der Waals surface area contributed by atoms with Crippen molar-refractivity contribution >= 4 is 18.0 Å². The van der Waals surface area contributed by atoms with Gasteiger partial charge in [-0.1, -0.05) is 44.9 Å². The van der Waals surface area contributed by atoms with Crippen molar-refractivity contribution < 1.29 is 24.2 Å². The molecule has 5 heteroatoms. The molecule has 0 unspecified atom stereocenters. The molecule has 1 aromatic rings. The van der Waals surface area contributed by atoms with Crippen LogP contribution in [0.3, 0.4) is 0 Å². The Morgan fingerprint density at radius 3 is 2.00 bits per heavy atom. The highest BCUT2D eigenvalue weighted by Gasteiger charge is 2.22. The molecule has 5 nitrogen and oxygen atoms in total. The molecular weight excluding hydrogens is 296 g/mol. The second-order valence-corrected chi connectivity index (χ2v) is 5.10. The SMILES string of the molecule is CCCCOC(=O)C(=Cc1ccccc1O)C(=O)OCCCC. The molecule has 0 atom stereocenters. The summed E-state index contributed by atoms with van der Waals surface area (Å²) in [5.41, 5.74) is 0.154. The second-order valence-electron chi connectivity index (χ2n) is 5.10. The van der Waals surface area contributed by atoms with Gasteiger partial charge in [-0.25, -0.2) is 9.59 Å². The Bertz CT molecular complexity index is 524. The Kier molecular flexibility index (Phi) is 8.50. The lowest BCUT2D eigenvalue weighted by molar-refractivity contribution is -0.147. The minimum atomic E-state index is -0.733. The first-order valence-electron chi connectivity index (χ1n) is 7.94. The molecule has 1 rings (SSSR count). The summed E-state index contributed by atoms with van der Waals surface area (Å²) in [4.78, 5) is 24.3. The summed E-state index contributed by atoms with van der Waals surface area (Å²) >= 11 is 0. The Hall–Kier alpha value is -2.30. The minimum Gasteiger partial charge on any atom is -0.507 e. The van der Waals surface area contributed by atoms with E-state index in [4.69, 9.17) is 9.47 Å². The van der Waals surface area contributed by atoms with Crippen LogP contribution >= 0.6 is 0 Å². The van der Waals surface area contributed by atoms with Crippen molar-refractivity contribution in [3.63, 3.8) is 0 Å². The predicted octanol–water partition coefficient (Wildman–Crippen LogP) is 3.46. The number of hydrogen-bond acceptors (Lipinski definition) is 5. The molecule has 126 valence electrons. The third-order valence-electron chi connectivity index (χ3n) is 3.14. The van der Waals surface area contributed by atoms with Crippen molar-refractivity contribution in [2.75, 3.05) is 13.2 Å². The van der Waals surface area contributed by atoms with E-state index in [9.17, 15) is 14.7 Å². The highest BCUT2D eigenvalue weighted by atomic mass is 16.6. The zero-order valence-corrected chi connectivity index (χ0v) is 13.7. The maximum absolute atomic E-state index is 12.1. The number of esters is 2. The quantitative estimate of drug-likeness (QED) is 0.248. The fourth-order valence-corrected chi connectivity index (χ4v) is 1.74. The van der Waals surface area contributed by atoms with Crippen LogP contribution in [-0.2, 0) is 19.1 Å². The zero-order chi connectivity index (χ0) is 17.1. The molecule has 1 N–H and O–H groups in total. The Balaban J connectivity index is 2.93. The number of carbonyl (C=O) groups is 2. The van der Waals surface area contributed by atoms with E-state index in [1.165, 1.54) is 12.1 Å². The van der Waals surface area contributed by atoms with Crippen LogP contribution in [0.15, 0.2) is 29.8 Å². The molecule has 0 aliphatic heterocycles. The fraction of sp³-hybridized carbons (Fsp3) is 0.444. The third kappa shape index (κ3) is 6.55. The van der Waals surface area contributed by atoms with Gasteiger partial charge in [-0.15, -0.1) is 0 Å². The zero-order valence-electron chi connectivity index (χ0n) is 13.7. The van der Waals surface area contributed by atoms with Crippen molar-refractivity contribution in [2.24, 2.45) is 0 Å². The first-order valence-corrected chi connectivity index (χ1v) is 7.94. The van der Waals surface area contributed by atoms with Gasteiger partial charge in [0.1, 0.15) is 11.3 Å². The van der Waals surface area contributed by atoms with E-state index >= 15 is 0 Å². The van der Waals surface area contributed by atoms with Crippen LogP contribution in [-0.4, -0.2) is 30.3 Å². The van der Waals surface area contributed by atoms with E-state index in [1.54, 1.807) is 18.2 Å². The van der Waals surface area contributed by atoms with E-state index < -0.39 is 11.9 Å². The number of rotatable bonds is 9. The molecule has 0 heterocycles.